The zero-order valence-electron chi connectivity index (χ0n) is 6.60. The van der Waals surface area contributed by atoms with E-state index in [4.69, 9.17) is 0 Å². The van der Waals surface area contributed by atoms with Gasteiger partial charge in [-0.25, -0.2) is 4.39 Å². The number of carbonyl (C=O) groups excluding carboxylic acids is 1. The van der Waals surface area contributed by atoms with Crippen molar-refractivity contribution < 1.29 is 9.18 Å². The maximum absolute atomic E-state index is 12.5. The molecule has 2 heteroatoms. The summed E-state index contributed by atoms with van der Waals surface area (Å²) in [6.07, 6.45) is 0. The summed E-state index contributed by atoms with van der Waals surface area (Å²) in [5, 5.41) is 0. The summed E-state index contributed by atoms with van der Waals surface area (Å²) in [6.45, 7) is 1.37. The van der Waals surface area contributed by atoms with Crippen molar-refractivity contribution in [2.45, 2.75) is 6.92 Å². The Morgan fingerprint density at radius 2 is 2.25 bits per heavy atom. The van der Waals surface area contributed by atoms with E-state index in [1.165, 1.54) is 19.1 Å². The molecule has 1 nitrogen and oxygen atoms in total. The quantitative estimate of drug-likeness (QED) is 0.531. The van der Waals surface area contributed by atoms with Crippen molar-refractivity contribution in [2.24, 2.45) is 0 Å². The lowest BCUT2D eigenvalue weighted by Gasteiger charge is -1.88. The molecule has 60 valence electrons. The number of benzene rings is 1. The van der Waals surface area contributed by atoms with Gasteiger partial charge in [0.25, 0.3) is 0 Å². The summed E-state index contributed by atoms with van der Waals surface area (Å²) < 4.78 is 12.5. The molecule has 1 aromatic rings. The van der Waals surface area contributed by atoms with Gasteiger partial charge in [-0.05, 0) is 24.1 Å². The first kappa shape index (κ1) is 8.48. The summed E-state index contributed by atoms with van der Waals surface area (Å²) in [5.41, 5.74) is 0.519. The fourth-order valence-electron chi connectivity index (χ4n) is 0.726. The van der Waals surface area contributed by atoms with E-state index in [9.17, 15) is 9.18 Å². The number of carbonyl (C=O) groups is 1. The van der Waals surface area contributed by atoms with Gasteiger partial charge >= 0.3 is 0 Å². The van der Waals surface area contributed by atoms with Gasteiger partial charge in [0.1, 0.15) is 5.82 Å². The molecular weight excluding hydrogens is 155 g/mol. The van der Waals surface area contributed by atoms with Crippen LogP contribution < -0.4 is 0 Å². The summed E-state index contributed by atoms with van der Waals surface area (Å²) in [5.74, 6) is 4.31. The SMILES string of the molecule is CC(=O)C#Cc1cccc(F)c1. The van der Waals surface area contributed by atoms with Crippen LogP contribution in [-0.4, -0.2) is 5.78 Å². The van der Waals surface area contributed by atoms with Crippen molar-refractivity contribution in [3.63, 3.8) is 0 Å². The third-order valence-corrected chi connectivity index (χ3v) is 1.21. The highest BCUT2D eigenvalue weighted by atomic mass is 19.1. The number of rotatable bonds is 0. The Morgan fingerprint density at radius 1 is 1.50 bits per heavy atom. The highest BCUT2D eigenvalue weighted by molar-refractivity contribution is 5.93. The predicted octanol–water partition coefficient (Wildman–Crippen LogP) is 1.77. The van der Waals surface area contributed by atoms with Gasteiger partial charge < -0.3 is 0 Å². The second kappa shape index (κ2) is 3.68. The van der Waals surface area contributed by atoms with Crippen LogP contribution in [0, 0.1) is 17.7 Å². The van der Waals surface area contributed by atoms with Gasteiger partial charge in [0.2, 0.25) is 5.78 Å². The predicted molar refractivity (Wildman–Crippen MR) is 44.0 cm³/mol. The molecule has 1 rings (SSSR count). The molecule has 0 unspecified atom stereocenters. The minimum atomic E-state index is -0.342. The Hall–Kier alpha value is -1.62. The number of halogens is 1. The zero-order chi connectivity index (χ0) is 8.97. The number of ketones is 1. The van der Waals surface area contributed by atoms with Crippen LogP contribution in [0.5, 0.6) is 0 Å². The Labute approximate surface area is 70.2 Å². The maximum Gasteiger partial charge on any atom is 0.202 e. The van der Waals surface area contributed by atoms with E-state index in [2.05, 4.69) is 11.8 Å². The van der Waals surface area contributed by atoms with E-state index in [-0.39, 0.29) is 11.6 Å². The zero-order valence-corrected chi connectivity index (χ0v) is 6.60. The fourth-order valence-corrected chi connectivity index (χ4v) is 0.726. The number of Topliss-reactive ketones (excluding diaryl/α,β-unsaturated/α-hetero) is 1. The molecule has 0 radical (unpaired) electrons. The van der Waals surface area contributed by atoms with Crippen LogP contribution in [-0.2, 0) is 4.79 Å². The van der Waals surface area contributed by atoms with Crippen molar-refractivity contribution in [1.29, 1.82) is 0 Å². The van der Waals surface area contributed by atoms with Gasteiger partial charge in [-0.2, -0.15) is 0 Å². The first-order chi connectivity index (χ1) is 5.68. The Balaban J connectivity index is 2.92. The van der Waals surface area contributed by atoms with Crippen molar-refractivity contribution in [3.05, 3.63) is 35.6 Å². The van der Waals surface area contributed by atoms with E-state index < -0.39 is 0 Å². The number of hydrogen-bond acceptors (Lipinski definition) is 1. The Bertz CT molecular complexity index is 358. The normalized spacial score (nSPS) is 8.50. The molecule has 0 heterocycles. The molecule has 0 saturated heterocycles. The van der Waals surface area contributed by atoms with Crippen LogP contribution in [0.4, 0.5) is 4.39 Å². The highest BCUT2D eigenvalue weighted by Gasteiger charge is 1.89. The minimum absolute atomic E-state index is 0.223. The monoisotopic (exact) mass is 162 g/mol. The van der Waals surface area contributed by atoms with Crippen molar-refractivity contribution >= 4 is 5.78 Å². The van der Waals surface area contributed by atoms with Gasteiger partial charge in [-0.1, -0.05) is 12.0 Å². The summed E-state index contributed by atoms with van der Waals surface area (Å²) in [7, 11) is 0. The molecule has 0 aliphatic heterocycles. The van der Waals surface area contributed by atoms with Gasteiger partial charge in [-0.3, -0.25) is 4.79 Å². The fraction of sp³-hybridized carbons (Fsp3) is 0.100. The molecule has 0 amide bonds. The first-order valence-electron chi connectivity index (χ1n) is 3.46. The molecule has 0 fully saturated rings. The summed E-state index contributed by atoms with van der Waals surface area (Å²) in [6, 6.07) is 5.83. The summed E-state index contributed by atoms with van der Waals surface area (Å²) >= 11 is 0. The first-order valence-corrected chi connectivity index (χ1v) is 3.46. The topological polar surface area (TPSA) is 17.1 Å². The molecule has 0 atom stereocenters. The third kappa shape index (κ3) is 2.55. The molecule has 0 aliphatic rings. The van der Waals surface area contributed by atoms with Gasteiger partial charge in [-0.15, -0.1) is 0 Å². The van der Waals surface area contributed by atoms with Crippen LogP contribution in [0.3, 0.4) is 0 Å². The smallest absolute Gasteiger partial charge is 0.202 e. The van der Waals surface area contributed by atoms with E-state index in [0.29, 0.717) is 5.56 Å². The lowest BCUT2D eigenvalue weighted by Crippen LogP contribution is -1.82. The van der Waals surface area contributed by atoms with E-state index in [1.807, 2.05) is 0 Å². The van der Waals surface area contributed by atoms with Gasteiger partial charge in [0, 0.05) is 12.5 Å². The van der Waals surface area contributed by atoms with E-state index >= 15 is 0 Å². The second-order valence-electron chi connectivity index (χ2n) is 2.32. The van der Waals surface area contributed by atoms with E-state index in [1.54, 1.807) is 12.1 Å². The third-order valence-electron chi connectivity index (χ3n) is 1.21. The molecular formula is C10H7FO. The maximum atomic E-state index is 12.5. The molecule has 0 saturated carbocycles. The van der Waals surface area contributed by atoms with Gasteiger partial charge in [0.15, 0.2) is 0 Å². The molecule has 0 aromatic heterocycles. The Kier molecular flexibility index (Phi) is 2.60. The second-order valence-corrected chi connectivity index (χ2v) is 2.32. The highest BCUT2D eigenvalue weighted by Crippen LogP contribution is 2.00. The molecule has 0 bridgehead atoms. The lowest BCUT2D eigenvalue weighted by atomic mass is 10.2. The largest absolute Gasteiger partial charge is 0.285 e. The van der Waals surface area contributed by atoms with E-state index in [0.717, 1.165) is 0 Å². The molecule has 0 aliphatic carbocycles. The molecule has 1 aromatic carbocycles. The van der Waals surface area contributed by atoms with Crippen LogP contribution in [0.25, 0.3) is 0 Å². The average Bonchev–Trinajstić information content (AvgIpc) is 2.01. The van der Waals surface area contributed by atoms with Crippen molar-refractivity contribution in [1.82, 2.24) is 0 Å². The molecule has 12 heavy (non-hydrogen) atoms. The van der Waals surface area contributed by atoms with Gasteiger partial charge in [0.05, 0.1) is 0 Å². The van der Waals surface area contributed by atoms with Crippen LogP contribution in [0.15, 0.2) is 24.3 Å². The van der Waals surface area contributed by atoms with Crippen LogP contribution >= 0.6 is 0 Å². The van der Waals surface area contributed by atoms with Crippen molar-refractivity contribution in [2.75, 3.05) is 0 Å². The molecule has 0 N–H and O–H groups in total. The Morgan fingerprint density at radius 3 is 2.83 bits per heavy atom. The summed E-state index contributed by atoms with van der Waals surface area (Å²) in [4.78, 5) is 10.4. The number of hydrogen-bond donors (Lipinski definition) is 0. The van der Waals surface area contributed by atoms with Crippen LogP contribution in [0.1, 0.15) is 12.5 Å². The molecule has 0 spiro atoms. The lowest BCUT2D eigenvalue weighted by molar-refractivity contribution is -0.111. The van der Waals surface area contributed by atoms with Crippen molar-refractivity contribution in [3.8, 4) is 11.8 Å². The minimum Gasteiger partial charge on any atom is -0.285 e. The van der Waals surface area contributed by atoms with Crippen LogP contribution in [0.2, 0.25) is 0 Å². The average molecular weight is 162 g/mol. The standard InChI is InChI=1S/C10H7FO/c1-8(12)5-6-9-3-2-4-10(11)7-9/h2-4,7H,1H3.